The normalized spacial score (nSPS) is 10.6. The fourth-order valence-corrected chi connectivity index (χ4v) is 2.05. The molecule has 2 nitrogen and oxygen atoms in total. The summed E-state index contributed by atoms with van der Waals surface area (Å²) in [4.78, 5) is 4.55. The Bertz CT molecular complexity index is 725. The maximum Gasteiger partial charge on any atom is 0.165 e. The predicted molar refractivity (Wildman–Crippen MR) is 73.7 cm³/mol. The fourth-order valence-electron chi connectivity index (χ4n) is 2.05. The Kier molecular flexibility index (Phi) is 2.88. The van der Waals surface area contributed by atoms with Gasteiger partial charge in [0.05, 0.1) is 18.3 Å². The molecular formula is C16H12FNO. The van der Waals surface area contributed by atoms with Crippen LogP contribution in [0.1, 0.15) is 0 Å². The van der Waals surface area contributed by atoms with Gasteiger partial charge < -0.3 is 4.74 Å². The highest BCUT2D eigenvalue weighted by atomic mass is 19.1. The lowest BCUT2D eigenvalue weighted by atomic mass is 10.1. The minimum Gasteiger partial charge on any atom is -0.494 e. The highest BCUT2D eigenvalue weighted by Crippen LogP contribution is 2.26. The van der Waals surface area contributed by atoms with Crippen molar-refractivity contribution in [1.29, 1.82) is 0 Å². The second-order valence-electron chi connectivity index (χ2n) is 4.24. The van der Waals surface area contributed by atoms with Gasteiger partial charge >= 0.3 is 0 Å². The number of hydrogen-bond donors (Lipinski definition) is 0. The van der Waals surface area contributed by atoms with Crippen molar-refractivity contribution in [3.63, 3.8) is 0 Å². The Labute approximate surface area is 110 Å². The van der Waals surface area contributed by atoms with E-state index in [1.54, 1.807) is 6.07 Å². The molecule has 0 fully saturated rings. The van der Waals surface area contributed by atoms with Gasteiger partial charge in [0.25, 0.3) is 0 Å². The molecule has 1 heterocycles. The van der Waals surface area contributed by atoms with E-state index in [4.69, 9.17) is 4.74 Å². The number of benzene rings is 2. The molecule has 0 spiro atoms. The molecule has 0 radical (unpaired) electrons. The topological polar surface area (TPSA) is 22.1 Å². The number of ether oxygens (including phenoxy) is 1. The molecule has 94 valence electrons. The number of aromatic nitrogens is 1. The van der Waals surface area contributed by atoms with Crippen LogP contribution in [0.3, 0.4) is 0 Å². The quantitative estimate of drug-likeness (QED) is 0.687. The van der Waals surface area contributed by atoms with Crippen molar-refractivity contribution >= 4 is 10.9 Å². The van der Waals surface area contributed by atoms with Crippen LogP contribution in [0.2, 0.25) is 0 Å². The summed E-state index contributed by atoms with van der Waals surface area (Å²) in [6.45, 7) is 0. The standard InChI is InChI=1S/C16H12FNO/c1-19-16-10-15-12(9-13(16)17)7-8-14(18-15)11-5-3-2-4-6-11/h2-10H,1H3. The third-order valence-corrected chi connectivity index (χ3v) is 3.03. The summed E-state index contributed by atoms with van der Waals surface area (Å²) in [6.07, 6.45) is 0. The van der Waals surface area contributed by atoms with E-state index in [0.717, 1.165) is 22.2 Å². The van der Waals surface area contributed by atoms with E-state index < -0.39 is 0 Å². The van der Waals surface area contributed by atoms with Gasteiger partial charge in [0.15, 0.2) is 11.6 Å². The second kappa shape index (κ2) is 4.69. The number of methoxy groups -OCH3 is 1. The average Bonchev–Trinajstić information content (AvgIpc) is 2.47. The SMILES string of the molecule is COc1cc2nc(-c3ccccc3)ccc2cc1F. The molecule has 0 saturated carbocycles. The van der Waals surface area contributed by atoms with Gasteiger partial charge in [-0.1, -0.05) is 36.4 Å². The van der Waals surface area contributed by atoms with Gasteiger partial charge in [-0.05, 0) is 12.1 Å². The van der Waals surface area contributed by atoms with Crippen LogP contribution in [0, 0.1) is 5.82 Å². The summed E-state index contributed by atoms with van der Waals surface area (Å²) >= 11 is 0. The first-order valence-corrected chi connectivity index (χ1v) is 5.97. The molecule has 0 unspecified atom stereocenters. The number of rotatable bonds is 2. The zero-order valence-electron chi connectivity index (χ0n) is 10.4. The monoisotopic (exact) mass is 253 g/mol. The van der Waals surface area contributed by atoms with Crippen LogP contribution >= 0.6 is 0 Å². The first kappa shape index (κ1) is 11.7. The minimum atomic E-state index is -0.371. The molecule has 3 rings (SSSR count). The number of halogens is 1. The van der Waals surface area contributed by atoms with Gasteiger partial charge in [0, 0.05) is 17.0 Å². The van der Waals surface area contributed by atoms with E-state index in [9.17, 15) is 4.39 Å². The summed E-state index contributed by atoms with van der Waals surface area (Å²) < 4.78 is 18.6. The summed E-state index contributed by atoms with van der Waals surface area (Å²) in [5.74, 6) is -0.158. The second-order valence-corrected chi connectivity index (χ2v) is 4.24. The lowest BCUT2D eigenvalue weighted by molar-refractivity contribution is 0.387. The van der Waals surface area contributed by atoms with Crippen molar-refractivity contribution in [1.82, 2.24) is 4.98 Å². The lowest BCUT2D eigenvalue weighted by Gasteiger charge is -2.06. The van der Waals surface area contributed by atoms with Gasteiger partial charge in [-0.25, -0.2) is 9.37 Å². The van der Waals surface area contributed by atoms with Crippen molar-refractivity contribution in [2.45, 2.75) is 0 Å². The summed E-state index contributed by atoms with van der Waals surface area (Å²) in [7, 11) is 1.45. The molecule has 0 atom stereocenters. The van der Waals surface area contributed by atoms with E-state index in [1.165, 1.54) is 13.2 Å². The van der Waals surface area contributed by atoms with Crippen molar-refractivity contribution in [3.8, 4) is 17.0 Å². The first-order chi connectivity index (χ1) is 9.28. The molecule has 3 heteroatoms. The highest BCUT2D eigenvalue weighted by molar-refractivity contribution is 5.83. The molecular weight excluding hydrogens is 241 g/mol. The van der Waals surface area contributed by atoms with E-state index in [2.05, 4.69) is 4.98 Å². The van der Waals surface area contributed by atoms with Gasteiger partial charge in [-0.15, -0.1) is 0 Å². The Hall–Kier alpha value is -2.42. The molecule has 0 amide bonds. The Morgan fingerprint density at radius 2 is 1.79 bits per heavy atom. The number of pyridine rings is 1. The Morgan fingerprint density at radius 3 is 2.53 bits per heavy atom. The van der Waals surface area contributed by atoms with Crippen LogP contribution in [0.15, 0.2) is 54.6 Å². The summed E-state index contributed by atoms with van der Waals surface area (Å²) in [6, 6.07) is 16.7. The molecule has 0 aliphatic heterocycles. The van der Waals surface area contributed by atoms with E-state index >= 15 is 0 Å². The molecule has 0 aliphatic rings. The third-order valence-electron chi connectivity index (χ3n) is 3.03. The van der Waals surface area contributed by atoms with Crippen molar-refractivity contribution in [2.75, 3.05) is 7.11 Å². The molecule has 0 saturated heterocycles. The summed E-state index contributed by atoms with van der Waals surface area (Å²) in [5.41, 5.74) is 2.62. The van der Waals surface area contributed by atoms with Gasteiger partial charge in [0.2, 0.25) is 0 Å². The van der Waals surface area contributed by atoms with Crippen molar-refractivity contribution < 1.29 is 9.13 Å². The smallest absolute Gasteiger partial charge is 0.165 e. The molecule has 0 N–H and O–H groups in total. The maximum absolute atomic E-state index is 13.6. The molecule has 0 aliphatic carbocycles. The zero-order chi connectivity index (χ0) is 13.2. The average molecular weight is 253 g/mol. The first-order valence-electron chi connectivity index (χ1n) is 5.97. The maximum atomic E-state index is 13.6. The number of hydrogen-bond acceptors (Lipinski definition) is 2. The largest absolute Gasteiger partial charge is 0.494 e. The van der Waals surface area contributed by atoms with Gasteiger partial charge in [-0.2, -0.15) is 0 Å². The third kappa shape index (κ3) is 2.15. The van der Waals surface area contributed by atoms with Gasteiger partial charge in [-0.3, -0.25) is 0 Å². The van der Waals surface area contributed by atoms with E-state index in [-0.39, 0.29) is 11.6 Å². The molecule has 19 heavy (non-hydrogen) atoms. The molecule has 3 aromatic rings. The van der Waals surface area contributed by atoms with Crippen LogP contribution in [0.25, 0.3) is 22.2 Å². The van der Waals surface area contributed by atoms with E-state index in [1.807, 2.05) is 42.5 Å². The molecule has 1 aromatic heterocycles. The van der Waals surface area contributed by atoms with Crippen LogP contribution in [0.4, 0.5) is 4.39 Å². The number of nitrogens with zero attached hydrogens (tertiary/aromatic N) is 1. The molecule has 2 aromatic carbocycles. The lowest BCUT2D eigenvalue weighted by Crippen LogP contribution is -1.91. The van der Waals surface area contributed by atoms with Crippen LogP contribution in [-0.2, 0) is 0 Å². The van der Waals surface area contributed by atoms with Crippen LogP contribution < -0.4 is 4.74 Å². The van der Waals surface area contributed by atoms with Gasteiger partial charge in [0.1, 0.15) is 0 Å². The Balaban J connectivity index is 2.18. The zero-order valence-corrected chi connectivity index (χ0v) is 10.4. The molecule has 0 bridgehead atoms. The van der Waals surface area contributed by atoms with Crippen molar-refractivity contribution in [2.24, 2.45) is 0 Å². The van der Waals surface area contributed by atoms with Crippen molar-refractivity contribution in [3.05, 3.63) is 60.4 Å². The number of fused-ring (bicyclic) bond motifs is 1. The highest BCUT2D eigenvalue weighted by Gasteiger charge is 2.07. The van der Waals surface area contributed by atoms with Crippen LogP contribution in [0.5, 0.6) is 5.75 Å². The van der Waals surface area contributed by atoms with E-state index in [0.29, 0.717) is 0 Å². The summed E-state index contributed by atoms with van der Waals surface area (Å²) in [5, 5.41) is 0.762. The fraction of sp³-hybridized carbons (Fsp3) is 0.0625. The van der Waals surface area contributed by atoms with Crippen LogP contribution in [-0.4, -0.2) is 12.1 Å². The minimum absolute atomic E-state index is 0.213. The predicted octanol–water partition coefficient (Wildman–Crippen LogP) is 4.05. The Morgan fingerprint density at radius 1 is 1.00 bits per heavy atom.